The van der Waals surface area contributed by atoms with Crippen LogP contribution in [0.1, 0.15) is 29.2 Å². The number of aryl methyl sites for hydroxylation is 2. The fourth-order valence-corrected chi connectivity index (χ4v) is 2.60. The van der Waals surface area contributed by atoms with E-state index < -0.39 is 0 Å². The molecule has 0 aliphatic carbocycles. The summed E-state index contributed by atoms with van der Waals surface area (Å²) in [6, 6.07) is 16.6. The first-order valence-corrected chi connectivity index (χ1v) is 6.85. The van der Waals surface area contributed by atoms with E-state index in [1.807, 2.05) is 17.1 Å². The third kappa shape index (κ3) is 2.39. The number of amides is 1. The molecule has 1 atom stereocenters. The van der Waals surface area contributed by atoms with Crippen molar-refractivity contribution < 1.29 is 4.79 Å². The molecule has 3 rings (SSSR count). The average molecular weight is 266 g/mol. The summed E-state index contributed by atoms with van der Waals surface area (Å²) < 4.78 is 0. The highest BCUT2D eigenvalue weighted by atomic mass is 16.2. The summed E-state index contributed by atoms with van der Waals surface area (Å²) in [4.78, 5) is 11.8. The lowest BCUT2D eigenvalue weighted by molar-refractivity contribution is -0.119. The number of anilines is 1. The molecule has 1 heterocycles. The van der Waals surface area contributed by atoms with Crippen molar-refractivity contribution in [2.24, 2.45) is 0 Å². The molecule has 0 aromatic heterocycles. The average Bonchev–Trinajstić information content (AvgIpc) is 2.82. The first-order valence-electron chi connectivity index (χ1n) is 6.85. The molecule has 0 radical (unpaired) electrons. The number of hydrogen-bond donors (Lipinski definition) is 1. The molecule has 1 amide bonds. The van der Waals surface area contributed by atoms with Gasteiger partial charge in [-0.1, -0.05) is 42.0 Å². The van der Waals surface area contributed by atoms with E-state index in [1.54, 1.807) is 0 Å². The van der Waals surface area contributed by atoms with Gasteiger partial charge in [-0.3, -0.25) is 15.2 Å². The molecule has 1 aliphatic heterocycles. The van der Waals surface area contributed by atoms with Gasteiger partial charge in [0.05, 0.1) is 18.2 Å². The highest BCUT2D eigenvalue weighted by Gasteiger charge is 2.31. The number of carbonyl (C=O) groups is 1. The van der Waals surface area contributed by atoms with Gasteiger partial charge in [-0.05, 0) is 37.1 Å². The third-order valence-electron chi connectivity index (χ3n) is 3.68. The molecule has 0 bridgehead atoms. The summed E-state index contributed by atoms with van der Waals surface area (Å²) in [6.45, 7) is 4.13. The van der Waals surface area contributed by atoms with Crippen molar-refractivity contribution in [3.63, 3.8) is 0 Å². The van der Waals surface area contributed by atoms with Gasteiger partial charge < -0.3 is 0 Å². The molecule has 1 fully saturated rings. The lowest BCUT2D eigenvalue weighted by Gasteiger charge is -2.26. The summed E-state index contributed by atoms with van der Waals surface area (Å²) in [5.41, 5.74) is 7.56. The number of nitrogens with one attached hydrogen (secondary N) is 1. The van der Waals surface area contributed by atoms with Gasteiger partial charge in [-0.15, -0.1) is 0 Å². The van der Waals surface area contributed by atoms with Gasteiger partial charge in [0.15, 0.2) is 0 Å². The predicted octanol–water partition coefficient (Wildman–Crippen LogP) is 3.29. The van der Waals surface area contributed by atoms with Gasteiger partial charge >= 0.3 is 0 Å². The molecule has 3 heteroatoms. The van der Waals surface area contributed by atoms with E-state index >= 15 is 0 Å². The molecule has 0 spiro atoms. The lowest BCUT2D eigenvalue weighted by Crippen LogP contribution is -2.34. The van der Waals surface area contributed by atoms with E-state index in [4.69, 9.17) is 0 Å². The Hall–Kier alpha value is -2.29. The lowest BCUT2D eigenvalue weighted by atomic mass is 10.0. The molecule has 102 valence electrons. The van der Waals surface area contributed by atoms with Crippen molar-refractivity contribution in [1.29, 1.82) is 0 Å². The van der Waals surface area contributed by atoms with Crippen LogP contribution in [0, 0.1) is 13.8 Å². The molecule has 3 nitrogen and oxygen atoms in total. The zero-order valence-electron chi connectivity index (χ0n) is 11.8. The second-order valence-electron chi connectivity index (χ2n) is 5.37. The quantitative estimate of drug-likeness (QED) is 0.904. The number of benzene rings is 2. The summed E-state index contributed by atoms with van der Waals surface area (Å²) in [6.07, 6.45) is 0.497. The fourth-order valence-electron chi connectivity index (χ4n) is 2.60. The van der Waals surface area contributed by atoms with Crippen LogP contribution in [-0.4, -0.2) is 5.91 Å². The minimum absolute atomic E-state index is 0.0601. The first-order chi connectivity index (χ1) is 9.63. The highest BCUT2D eigenvalue weighted by Crippen LogP contribution is 2.32. The Morgan fingerprint density at radius 2 is 1.80 bits per heavy atom. The fraction of sp³-hybridized carbons (Fsp3) is 0.235. The van der Waals surface area contributed by atoms with E-state index in [2.05, 4.69) is 55.7 Å². The second-order valence-corrected chi connectivity index (χ2v) is 5.37. The maximum atomic E-state index is 11.8. The largest absolute Gasteiger partial charge is 0.278 e. The maximum Gasteiger partial charge on any atom is 0.241 e. The van der Waals surface area contributed by atoms with E-state index in [9.17, 15) is 4.79 Å². The Morgan fingerprint density at radius 1 is 1.05 bits per heavy atom. The molecule has 20 heavy (non-hydrogen) atoms. The van der Waals surface area contributed by atoms with Gasteiger partial charge in [0, 0.05) is 0 Å². The normalized spacial score (nSPS) is 18.2. The standard InChI is InChI=1S/C17H18N2O/c1-12-6-8-14(9-7-12)16-11-17(20)18-19(16)15-5-3-4-13(2)10-15/h3-10,16H,11H2,1-2H3,(H,18,20). The van der Waals surface area contributed by atoms with Crippen LogP contribution in [0.2, 0.25) is 0 Å². The van der Waals surface area contributed by atoms with Gasteiger partial charge in [0.2, 0.25) is 5.91 Å². The summed E-state index contributed by atoms with van der Waals surface area (Å²) in [5, 5.41) is 1.97. The van der Waals surface area contributed by atoms with Gasteiger partial charge in [-0.2, -0.15) is 0 Å². The van der Waals surface area contributed by atoms with Gasteiger partial charge in [0.1, 0.15) is 0 Å². The molecular weight excluding hydrogens is 248 g/mol. The smallest absolute Gasteiger partial charge is 0.241 e. The predicted molar refractivity (Wildman–Crippen MR) is 80.3 cm³/mol. The zero-order chi connectivity index (χ0) is 14.1. The van der Waals surface area contributed by atoms with E-state index in [1.165, 1.54) is 11.1 Å². The van der Waals surface area contributed by atoms with Crippen molar-refractivity contribution in [2.75, 3.05) is 5.01 Å². The monoisotopic (exact) mass is 266 g/mol. The number of hydrogen-bond acceptors (Lipinski definition) is 2. The topological polar surface area (TPSA) is 32.3 Å². The van der Waals surface area contributed by atoms with E-state index in [0.29, 0.717) is 6.42 Å². The Labute approximate surface area is 119 Å². The van der Waals surface area contributed by atoms with Crippen molar-refractivity contribution in [3.8, 4) is 0 Å². The second kappa shape index (κ2) is 5.00. The van der Waals surface area contributed by atoms with Crippen LogP contribution < -0.4 is 10.4 Å². The Balaban J connectivity index is 1.96. The molecule has 1 saturated heterocycles. The number of rotatable bonds is 2. The highest BCUT2D eigenvalue weighted by molar-refractivity contribution is 5.83. The van der Waals surface area contributed by atoms with Gasteiger partial charge in [0.25, 0.3) is 0 Å². The summed E-state index contributed by atoms with van der Waals surface area (Å²) >= 11 is 0. The van der Waals surface area contributed by atoms with Crippen LogP contribution in [0.3, 0.4) is 0 Å². The molecule has 0 saturated carbocycles. The van der Waals surface area contributed by atoms with Crippen molar-refractivity contribution >= 4 is 11.6 Å². The molecular formula is C17H18N2O. The van der Waals surface area contributed by atoms with Crippen LogP contribution in [0.15, 0.2) is 48.5 Å². The molecule has 1 aliphatic rings. The van der Waals surface area contributed by atoms with Crippen LogP contribution >= 0.6 is 0 Å². The Bertz CT molecular complexity index is 634. The van der Waals surface area contributed by atoms with E-state index in [0.717, 1.165) is 11.3 Å². The van der Waals surface area contributed by atoms with Crippen molar-refractivity contribution in [2.45, 2.75) is 26.3 Å². The first kappa shape index (κ1) is 12.7. The Kier molecular flexibility index (Phi) is 3.18. The molecule has 1 N–H and O–H groups in total. The Morgan fingerprint density at radius 3 is 2.50 bits per heavy atom. The minimum Gasteiger partial charge on any atom is -0.278 e. The SMILES string of the molecule is Cc1ccc(C2CC(=O)NN2c2cccc(C)c2)cc1. The van der Waals surface area contributed by atoms with Crippen molar-refractivity contribution in [1.82, 2.24) is 5.43 Å². The van der Waals surface area contributed by atoms with Crippen LogP contribution in [0.25, 0.3) is 0 Å². The minimum atomic E-state index is 0.0601. The number of nitrogens with zero attached hydrogens (tertiary/aromatic N) is 1. The molecule has 2 aromatic rings. The van der Waals surface area contributed by atoms with Gasteiger partial charge in [-0.25, -0.2) is 0 Å². The molecule has 1 unspecified atom stereocenters. The van der Waals surface area contributed by atoms with Crippen molar-refractivity contribution in [3.05, 3.63) is 65.2 Å². The number of carbonyl (C=O) groups excluding carboxylic acids is 1. The van der Waals surface area contributed by atoms with Crippen LogP contribution in [0.4, 0.5) is 5.69 Å². The summed E-state index contributed by atoms with van der Waals surface area (Å²) in [7, 11) is 0. The zero-order valence-corrected chi connectivity index (χ0v) is 11.8. The van der Waals surface area contributed by atoms with E-state index in [-0.39, 0.29) is 11.9 Å². The molecule has 2 aromatic carbocycles. The maximum absolute atomic E-state index is 11.8. The third-order valence-corrected chi connectivity index (χ3v) is 3.68. The number of hydrazine groups is 1. The van der Waals surface area contributed by atoms with Crippen LogP contribution in [-0.2, 0) is 4.79 Å². The summed E-state index contributed by atoms with van der Waals surface area (Å²) in [5.74, 6) is 0.0667. The van der Waals surface area contributed by atoms with Crippen LogP contribution in [0.5, 0.6) is 0 Å².